The van der Waals surface area contributed by atoms with E-state index in [1.807, 2.05) is 0 Å². The van der Waals surface area contributed by atoms with Gasteiger partial charge in [0.1, 0.15) is 6.10 Å². The number of carbonyl (C=O) groups is 1. The van der Waals surface area contributed by atoms with Gasteiger partial charge in [-0.15, -0.1) is 0 Å². The summed E-state index contributed by atoms with van der Waals surface area (Å²) in [5.41, 5.74) is -0.262. The summed E-state index contributed by atoms with van der Waals surface area (Å²) in [6.07, 6.45) is 6.46. The van der Waals surface area contributed by atoms with Crippen molar-refractivity contribution in [2.75, 3.05) is 13.1 Å². The van der Waals surface area contributed by atoms with Gasteiger partial charge in [0, 0.05) is 6.54 Å². The highest BCUT2D eigenvalue weighted by Crippen LogP contribution is 2.35. The van der Waals surface area contributed by atoms with Gasteiger partial charge >= 0.3 is 5.97 Å². The van der Waals surface area contributed by atoms with E-state index in [0.717, 1.165) is 45.2 Å². The molecule has 3 nitrogen and oxygen atoms in total. The summed E-state index contributed by atoms with van der Waals surface area (Å²) < 4.78 is 5.89. The molecule has 1 saturated heterocycles. The molecule has 1 heterocycles. The second-order valence-corrected chi connectivity index (χ2v) is 6.86. The van der Waals surface area contributed by atoms with Gasteiger partial charge in [-0.3, -0.25) is 4.79 Å². The van der Waals surface area contributed by atoms with Gasteiger partial charge < -0.3 is 10.1 Å². The van der Waals surface area contributed by atoms with E-state index < -0.39 is 0 Å². The summed E-state index contributed by atoms with van der Waals surface area (Å²) in [6.45, 7) is 8.48. The average molecular weight is 267 g/mol. The lowest BCUT2D eigenvalue weighted by molar-refractivity contribution is -0.166. The third-order valence-corrected chi connectivity index (χ3v) is 4.99. The van der Waals surface area contributed by atoms with Crippen LogP contribution in [0.25, 0.3) is 0 Å². The summed E-state index contributed by atoms with van der Waals surface area (Å²) in [6, 6.07) is 0. The van der Waals surface area contributed by atoms with E-state index in [1.165, 1.54) is 6.42 Å². The van der Waals surface area contributed by atoms with Crippen LogP contribution in [0, 0.1) is 17.3 Å². The van der Waals surface area contributed by atoms with E-state index >= 15 is 0 Å². The Morgan fingerprint density at radius 3 is 2.47 bits per heavy atom. The molecule has 1 saturated carbocycles. The largest absolute Gasteiger partial charge is 0.462 e. The van der Waals surface area contributed by atoms with Crippen molar-refractivity contribution in [3.05, 3.63) is 0 Å². The fourth-order valence-corrected chi connectivity index (χ4v) is 3.83. The summed E-state index contributed by atoms with van der Waals surface area (Å²) >= 11 is 0. The Bertz CT molecular complexity index is 300. The SMILES string of the molecule is CCC1(C(=O)OC2CC(C)CC(C)C2)CCCNC1. The van der Waals surface area contributed by atoms with E-state index in [1.54, 1.807) is 0 Å². The minimum absolute atomic E-state index is 0.0495. The molecule has 3 unspecified atom stereocenters. The standard InChI is InChI=1S/C16H29NO2/c1-4-16(6-5-7-17-11-16)15(18)19-14-9-12(2)8-13(3)10-14/h12-14,17H,4-11H2,1-3H3. The fourth-order valence-electron chi connectivity index (χ4n) is 3.83. The number of ether oxygens (including phenoxy) is 1. The zero-order valence-corrected chi connectivity index (χ0v) is 12.7. The molecule has 2 fully saturated rings. The molecule has 3 heteroatoms. The van der Waals surface area contributed by atoms with Crippen LogP contribution in [0.2, 0.25) is 0 Å². The topological polar surface area (TPSA) is 38.3 Å². The van der Waals surface area contributed by atoms with E-state index in [-0.39, 0.29) is 17.5 Å². The van der Waals surface area contributed by atoms with Gasteiger partial charge in [0.05, 0.1) is 5.41 Å². The molecule has 0 bridgehead atoms. The lowest BCUT2D eigenvalue weighted by atomic mass is 9.78. The van der Waals surface area contributed by atoms with Crippen LogP contribution >= 0.6 is 0 Å². The maximum Gasteiger partial charge on any atom is 0.313 e. The smallest absolute Gasteiger partial charge is 0.313 e. The molecule has 19 heavy (non-hydrogen) atoms. The van der Waals surface area contributed by atoms with Gasteiger partial charge in [-0.1, -0.05) is 20.8 Å². The Labute approximate surface area is 117 Å². The molecular formula is C16H29NO2. The summed E-state index contributed by atoms with van der Waals surface area (Å²) in [5, 5.41) is 3.36. The van der Waals surface area contributed by atoms with Gasteiger partial charge in [-0.25, -0.2) is 0 Å². The van der Waals surface area contributed by atoms with Crippen LogP contribution in [-0.2, 0) is 9.53 Å². The van der Waals surface area contributed by atoms with Crippen LogP contribution in [0.5, 0.6) is 0 Å². The minimum Gasteiger partial charge on any atom is -0.462 e. The summed E-state index contributed by atoms with van der Waals surface area (Å²) in [7, 11) is 0. The molecule has 1 aliphatic heterocycles. The van der Waals surface area contributed by atoms with Crippen LogP contribution in [0.1, 0.15) is 59.3 Å². The monoisotopic (exact) mass is 267 g/mol. The lowest BCUT2D eigenvalue weighted by Crippen LogP contribution is -2.47. The van der Waals surface area contributed by atoms with E-state index in [9.17, 15) is 4.79 Å². The van der Waals surface area contributed by atoms with Crippen molar-refractivity contribution >= 4 is 5.97 Å². The second-order valence-electron chi connectivity index (χ2n) is 6.86. The normalized spacial score (nSPS) is 39.8. The first-order valence-electron chi connectivity index (χ1n) is 7.97. The molecule has 0 radical (unpaired) electrons. The van der Waals surface area contributed by atoms with Gasteiger partial charge in [0.2, 0.25) is 0 Å². The van der Waals surface area contributed by atoms with Crippen molar-refractivity contribution in [3.8, 4) is 0 Å². The molecule has 2 rings (SSSR count). The quantitative estimate of drug-likeness (QED) is 0.798. The highest BCUT2D eigenvalue weighted by Gasteiger charge is 2.41. The van der Waals surface area contributed by atoms with Crippen LogP contribution in [0.4, 0.5) is 0 Å². The van der Waals surface area contributed by atoms with Crippen LogP contribution < -0.4 is 5.32 Å². The predicted octanol–water partition coefficient (Wildman–Crippen LogP) is 3.13. The molecule has 0 spiro atoms. The molecule has 1 N–H and O–H groups in total. The fraction of sp³-hybridized carbons (Fsp3) is 0.938. The zero-order valence-electron chi connectivity index (χ0n) is 12.7. The van der Waals surface area contributed by atoms with Crippen molar-refractivity contribution in [2.45, 2.75) is 65.4 Å². The molecule has 2 aliphatic rings. The number of carbonyl (C=O) groups excluding carboxylic acids is 1. The lowest BCUT2D eigenvalue weighted by Gasteiger charge is -2.38. The molecule has 1 aliphatic carbocycles. The molecule has 0 aromatic rings. The van der Waals surface area contributed by atoms with E-state index in [2.05, 4.69) is 26.1 Å². The van der Waals surface area contributed by atoms with Gasteiger partial charge in [0.15, 0.2) is 0 Å². The first kappa shape index (κ1) is 14.8. The van der Waals surface area contributed by atoms with Gasteiger partial charge in [-0.2, -0.15) is 0 Å². The van der Waals surface area contributed by atoms with Crippen molar-refractivity contribution in [1.82, 2.24) is 5.32 Å². The van der Waals surface area contributed by atoms with Crippen LogP contribution in [0.15, 0.2) is 0 Å². The van der Waals surface area contributed by atoms with Crippen molar-refractivity contribution in [3.63, 3.8) is 0 Å². The maximum atomic E-state index is 12.6. The average Bonchev–Trinajstić information content (AvgIpc) is 2.38. The first-order valence-corrected chi connectivity index (χ1v) is 7.97. The van der Waals surface area contributed by atoms with Crippen molar-refractivity contribution in [1.29, 1.82) is 0 Å². The number of piperidine rings is 1. The summed E-state index contributed by atoms with van der Waals surface area (Å²) in [4.78, 5) is 12.6. The highest BCUT2D eigenvalue weighted by molar-refractivity contribution is 5.77. The number of nitrogens with one attached hydrogen (secondary N) is 1. The number of esters is 1. The Balaban J connectivity index is 1.95. The van der Waals surface area contributed by atoms with Gasteiger partial charge in [0.25, 0.3) is 0 Å². The second kappa shape index (κ2) is 6.25. The third-order valence-electron chi connectivity index (χ3n) is 4.99. The van der Waals surface area contributed by atoms with E-state index in [4.69, 9.17) is 4.74 Å². The molecule has 0 aromatic carbocycles. The zero-order chi connectivity index (χ0) is 13.9. The Kier molecular flexibility index (Phi) is 4.88. The Morgan fingerprint density at radius 1 is 1.26 bits per heavy atom. The predicted molar refractivity (Wildman–Crippen MR) is 76.9 cm³/mol. The minimum atomic E-state index is -0.262. The van der Waals surface area contributed by atoms with Crippen molar-refractivity contribution in [2.24, 2.45) is 17.3 Å². The van der Waals surface area contributed by atoms with Crippen LogP contribution in [0.3, 0.4) is 0 Å². The van der Waals surface area contributed by atoms with Gasteiger partial charge in [-0.05, 0) is 56.9 Å². The van der Waals surface area contributed by atoms with E-state index in [0.29, 0.717) is 11.8 Å². The number of hydrogen-bond donors (Lipinski definition) is 1. The molecular weight excluding hydrogens is 238 g/mol. The Hall–Kier alpha value is -0.570. The van der Waals surface area contributed by atoms with Crippen LogP contribution in [-0.4, -0.2) is 25.2 Å². The number of hydrogen-bond acceptors (Lipinski definition) is 3. The molecule has 110 valence electrons. The third kappa shape index (κ3) is 3.50. The highest BCUT2D eigenvalue weighted by atomic mass is 16.5. The molecule has 3 atom stereocenters. The number of rotatable bonds is 3. The molecule has 0 aromatic heterocycles. The first-order chi connectivity index (χ1) is 9.05. The maximum absolute atomic E-state index is 12.6. The summed E-state index contributed by atoms with van der Waals surface area (Å²) in [5.74, 6) is 1.42. The molecule has 0 amide bonds. The Morgan fingerprint density at radius 2 is 1.95 bits per heavy atom. The van der Waals surface area contributed by atoms with Crippen molar-refractivity contribution < 1.29 is 9.53 Å².